The number of aliphatic hydroxyl groups excluding tert-OH is 2. The quantitative estimate of drug-likeness (QED) is 0.655. The third-order valence-corrected chi connectivity index (χ3v) is 9.51. The molecule has 0 aromatic carbocycles. The fraction of sp³-hybridized carbons (Fsp3) is 0.958. The van der Waals surface area contributed by atoms with E-state index in [0.717, 1.165) is 25.7 Å². The second-order valence-electron chi connectivity index (χ2n) is 10.7. The zero-order chi connectivity index (χ0) is 23.9. The lowest BCUT2D eigenvalue weighted by Gasteiger charge is -2.62. The van der Waals surface area contributed by atoms with Gasteiger partial charge in [-0.3, -0.25) is 4.79 Å². The summed E-state index contributed by atoms with van der Waals surface area (Å²) in [6, 6.07) is 0. The molecule has 0 amide bonds. The molecule has 4 saturated carbocycles. The van der Waals surface area contributed by atoms with Crippen LogP contribution in [0.3, 0.4) is 0 Å². The molecule has 0 heterocycles. The normalized spacial score (nSPS) is 57.4. The maximum atomic E-state index is 11.3. The molecule has 0 spiro atoms. The van der Waals surface area contributed by atoms with Gasteiger partial charge in [0, 0.05) is 11.9 Å². The van der Waals surface area contributed by atoms with Crippen LogP contribution in [0.2, 0.25) is 0 Å². The summed E-state index contributed by atoms with van der Waals surface area (Å²) < 4.78 is 34.0. The van der Waals surface area contributed by atoms with Crippen LogP contribution >= 0.6 is 0 Å². The highest BCUT2D eigenvalue weighted by Crippen LogP contribution is 2.68. The van der Waals surface area contributed by atoms with Crippen molar-refractivity contribution in [1.82, 2.24) is 0 Å². The van der Waals surface area contributed by atoms with Crippen LogP contribution in [0.4, 0.5) is 0 Å². The molecule has 0 saturated heterocycles. The van der Waals surface area contributed by atoms with Crippen molar-refractivity contribution in [3.8, 4) is 0 Å². The van der Waals surface area contributed by atoms with E-state index >= 15 is 0 Å². The fourth-order valence-corrected chi connectivity index (χ4v) is 8.03. The van der Waals surface area contributed by atoms with Crippen LogP contribution in [-0.4, -0.2) is 33.5 Å². The lowest BCUT2D eigenvalue weighted by atomic mass is 9.43. The molecule has 4 unspecified atom stereocenters. The van der Waals surface area contributed by atoms with Gasteiger partial charge < -0.3 is 15.3 Å². The molecule has 4 fully saturated rings. The van der Waals surface area contributed by atoms with Gasteiger partial charge in [-0.25, -0.2) is 0 Å². The van der Waals surface area contributed by atoms with Crippen LogP contribution in [0.25, 0.3) is 0 Å². The first kappa shape index (κ1) is 16.1. The van der Waals surface area contributed by atoms with Gasteiger partial charge in [0.25, 0.3) is 0 Å². The Morgan fingerprint density at radius 3 is 2.57 bits per heavy atom. The third-order valence-electron chi connectivity index (χ3n) is 9.51. The average molecular weight is 397 g/mol. The highest BCUT2D eigenvalue weighted by Gasteiger charge is 2.62. The van der Waals surface area contributed by atoms with E-state index in [1.807, 2.05) is 6.92 Å². The van der Waals surface area contributed by atoms with Crippen LogP contribution in [-0.2, 0) is 4.79 Å². The van der Waals surface area contributed by atoms with Crippen molar-refractivity contribution < 1.29 is 25.6 Å². The second kappa shape index (κ2) is 7.27. The van der Waals surface area contributed by atoms with Crippen molar-refractivity contribution in [2.45, 2.75) is 97.1 Å². The first-order valence-corrected chi connectivity index (χ1v) is 11.2. The minimum Gasteiger partial charge on any atom is -0.481 e. The van der Waals surface area contributed by atoms with Crippen LogP contribution in [0.15, 0.2) is 0 Å². The molecule has 0 aromatic rings. The first-order chi connectivity index (χ1) is 14.7. The lowest BCUT2D eigenvalue weighted by Crippen LogP contribution is -2.58. The lowest BCUT2D eigenvalue weighted by molar-refractivity contribution is -0.174. The summed E-state index contributed by atoms with van der Waals surface area (Å²) in [6.45, 7) is 6.48. The highest BCUT2D eigenvalue weighted by molar-refractivity contribution is 5.66. The number of aliphatic carboxylic acids is 1. The number of carboxylic acid groups (broad SMARTS) is 1. The van der Waals surface area contributed by atoms with Gasteiger partial charge in [-0.15, -0.1) is 0 Å². The molecule has 4 aliphatic rings. The van der Waals surface area contributed by atoms with Crippen molar-refractivity contribution in [3.05, 3.63) is 0 Å². The van der Waals surface area contributed by atoms with Crippen molar-refractivity contribution in [1.29, 1.82) is 0 Å². The number of aliphatic hydroxyl groups is 2. The van der Waals surface area contributed by atoms with E-state index < -0.39 is 42.3 Å². The number of hydrogen-bond acceptors (Lipinski definition) is 3. The van der Waals surface area contributed by atoms with Crippen LogP contribution in [0.5, 0.6) is 0 Å². The van der Waals surface area contributed by atoms with E-state index in [2.05, 4.69) is 13.8 Å². The number of carboxylic acids is 1. The summed E-state index contributed by atoms with van der Waals surface area (Å²) >= 11 is 0. The average Bonchev–Trinajstić information content (AvgIpc) is 3.03. The molecule has 10 atom stereocenters. The van der Waals surface area contributed by atoms with Crippen molar-refractivity contribution in [3.63, 3.8) is 0 Å². The molecule has 0 aromatic heterocycles. The van der Waals surface area contributed by atoms with E-state index in [1.54, 1.807) is 0 Å². The molecule has 0 bridgehead atoms. The standard InChI is InChI=1S/C24H40O4/c1-14(4-7-21(27)28)17-5-6-18-22-19(9-11-24(17,18)3)23(2)10-8-16(25)12-15(23)13-20(22)26/h14-20,22,25-26H,4-13H2,1-3H3,(H,27,28)/t14-,15+,16-,17-,18?,19?,20?,22?,23+,24-/m1/s1/i8D2,12D2. The monoisotopic (exact) mass is 396 g/mol. The predicted molar refractivity (Wildman–Crippen MR) is 109 cm³/mol. The SMILES string of the molecule is [2H]C1([2H])C[C@]2(C)C3CC[C@@]4(C)C(CC[C@@H]4[C@H](C)CCC(=O)O)C3C(O)C[C@@H]2C([2H])([2H])[C@@H]1O. The number of hydrogen-bond donors (Lipinski definition) is 3. The molecule has 0 aliphatic heterocycles. The van der Waals surface area contributed by atoms with Gasteiger partial charge in [0.05, 0.1) is 12.2 Å². The Balaban J connectivity index is 1.64. The summed E-state index contributed by atoms with van der Waals surface area (Å²) in [7, 11) is 0. The number of carbonyl (C=O) groups is 1. The Labute approximate surface area is 175 Å². The van der Waals surface area contributed by atoms with Gasteiger partial charge in [0.15, 0.2) is 0 Å². The van der Waals surface area contributed by atoms with E-state index in [4.69, 9.17) is 10.6 Å². The Kier molecular flexibility index (Phi) is 4.19. The van der Waals surface area contributed by atoms with Gasteiger partial charge in [-0.2, -0.15) is 0 Å². The Bertz CT molecular complexity index is 760. The van der Waals surface area contributed by atoms with Crippen molar-refractivity contribution >= 4 is 5.97 Å². The molecule has 4 aliphatic carbocycles. The Morgan fingerprint density at radius 1 is 1.14 bits per heavy atom. The Hall–Kier alpha value is -0.610. The van der Waals surface area contributed by atoms with Gasteiger partial charge >= 0.3 is 5.97 Å². The van der Waals surface area contributed by atoms with Gasteiger partial charge in [-0.1, -0.05) is 20.8 Å². The van der Waals surface area contributed by atoms with E-state index in [1.165, 1.54) is 0 Å². The van der Waals surface area contributed by atoms with Crippen LogP contribution in [0, 0.1) is 46.3 Å². The first-order valence-electron chi connectivity index (χ1n) is 13.2. The fourth-order valence-electron chi connectivity index (χ4n) is 8.03. The summed E-state index contributed by atoms with van der Waals surface area (Å²) in [5.41, 5.74) is -0.583. The predicted octanol–water partition coefficient (Wildman–Crippen LogP) is 4.48. The van der Waals surface area contributed by atoms with Crippen LogP contribution < -0.4 is 0 Å². The summed E-state index contributed by atoms with van der Waals surface area (Å²) in [6.07, 6.45) is -1.38. The molecule has 0 radical (unpaired) electrons. The third kappa shape index (κ3) is 3.14. The zero-order valence-corrected chi connectivity index (χ0v) is 17.5. The molecular weight excluding hydrogens is 352 g/mol. The van der Waals surface area contributed by atoms with Gasteiger partial charge in [-0.05, 0) is 104 Å². The molecule has 160 valence electrons. The number of fused-ring (bicyclic) bond motifs is 5. The molecule has 28 heavy (non-hydrogen) atoms. The smallest absolute Gasteiger partial charge is 0.303 e. The maximum Gasteiger partial charge on any atom is 0.303 e. The summed E-state index contributed by atoms with van der Waals surface area (Å²) in [5, 5.41) is 31.0. The summed E-state index contributed by atoms with van der Waals surface area (Å²) in [5.74, 6) is -0.291. The molecule has 4 heteroatoms. The van der Waals surface area contributed by atoms with E-state index in [0.29, 0.717) is 18.3 Å². The minimum absolute atomic E-state index is 0.00789. The van der Waals surface area contributed by atoms with Crippen molar-refractivity contribution in [2.24, 2.45) is 46.3 Å². The number of rotatable bonds is 4. The van der Waals surface area contributed by atoms with Gasteiger partial charge in [0.2, 0.25) is 0 Å². The molecular formula is C24H40O4. The van der Waals surface area contributed by atoms with E-state index in [9.17, 15) is 15.0 Å². The Morgan fingerprint density at radius 2 is 1.86 bits per heavy atom. The topological polar surface area (TPSA) is 77.8 Å². The highest BCUT2D eigenvalue weighted by atomic mass is 16.4. The largest absolute Gasteiger partial charge is 0.481 e. The molecule has 4 nitrogen and oxygen atoms in total. The van der Waals surface area contributed by atoms with Crippen LogP contribution in [0.1, 0.15) is 90.4 Å². The van der Waals surface area contributed by atoms with E-state index in [-0.39, 0.29) is 42.4 Å². The molecule has 4 rings (SSSR count). The minimum atomic E-state index is -2.08. The maximum absolute atomic E-state index is 11.3. The molecule has 3 N–H and O–H groups in total. The van der Waals surface area contributed by atoms with Gasteiger partial charge in [0.1, 0.15) is 0 Å². The van der Waals surface area contributed by atoms with Crippen molar-refractivity contribution in [2.75, 3.05) is 0 Å². The zero-order valence-electron chi connectivity index (χ0n) is 21.5. The summed E-state index contributed by atoms with van der Waals surface area (Å²) in [4.78, 5) is 11.1. The second-order valence-corrected chi connectivity index (χ2v) is 10.7.